The lowest BCUT2D eigenvalue weighted by atomic mass is 10.1. The SMILES string of the molecule is CC(C)(C)OC(=O)NC(/C=C/CCOC1CCCCO1)c1ccccc1. The van der Waals surface area contributed by atoms with E-state index >= 15 is 0 Å². The molecular weight excluding hydrogens is 330 g/mol. The van der Waals surface area contributed by atoms with Crippen LogP contribution in [0.15, 0.2) is 42.5 Å². The fourth-order valence-electron chi connectivity index (χ4n) is 2.68. The summed E-state index contributed by atoms with van der Waals surface area (Å²) in [5, 5.41) is 2.92. The molecule has 0 saturated carbocycles. The van der Waals surface area contributed by atoms with Crippen LogP contribution in [0.2, 0.25) is 0 Å². The summed E-state index contributed by atoms with van der Waals surface area (Å²) in [6.45, 7) is 6.95. The van der Waals surface area contributed by atoms with Crippen LogP contribution in [0.25, 0.3) is 0 Å². The molecule has 1 saturated heterocycles. The standard InChI is InChI=1S/C21H31NO4/c1-21(2,3)26-20(23)22-18(17-11-5-4-6-12-17)13-7-9-15-24-19-14-8-10-16-25-19/h4-7,11-13,18-19H,8-10,14-16H2,1-3H3,(H,22,23)/b13-7+. The van der Waals surface area contributed by atoms with E-state index in [-0.39, 0.29) is 12.3 Å². The van der Waals surface area contributed by atoms with Crippen molar-refractivity contribution in [1.82, 2.24) is 5.32 Å². The van der Waals surface area contributed by atoms with E-state index in [2.05, 4.69) is 5.32 Å². The summed E-state index contributed by atoms with van der Waals surface area (Å²) < 4.78 is 16.7. The van der Waals surface area contributed by atoms with Crippen molar-refractivity contribution in [1.29, 1.82) is 0 Å². The molecule has 1 aromatic carbocycles. The van der Waals surface area contributed by atoms with Crippen molar-refractivity contribution in [2.75, 3.05) is 13.2 Å². The van der Waals surface area contributed by atoms with Crippen molar-refractivity contribution in [3.63, 3.8) is 0 Å². The lowest BCUT2D eigenvalue weighted by molar-refractivity contribution is -0.161. The lowest BCUT2D eigenvalue weighted by Gasteiger charge is -2.23. The molecule has 5 nitrogen and oxygen atoms in total. The predicted molar refractivity (Wildman–Crippen MR) is 102 cm³/mol. The fraction of sp³-hybridized carbons (Fsp3) is 0.571. The Kier molecular flexibility index (Phi) is 8.13. The third kappa shape index (κ3) is 8.02. The maximum Gasteiger partial charge on any atom is 0.408 e. The quantitative estimate of drug-likeness (QED) is 0.563. The van der Waals surface area contributed by atoms with Crippen molar-refractivity contribution in [2.45, 2.75) is 64.4 Å². The Morgan fingerprint density at radius 3 is 2.73 bits per heavy atom. The summed E-state index contributed by atoms with van der Waals surface area (Å²) in [5.74, 6) is 0. The molecule has 2 unspecified atom stereocenters. The van der Waals surface area contributed by atoms with Crippen LogP contribution in [0.5, 0.6) is 0 Å². The molecule has 1 aliphatic rings. The van der Waals surface area contributed by atoms with Gasteiger partial charge in [0, 0.05) is 6.61 Å². The summed E-state index contributed by atoms with van der Waals surface area (Å²) in [6.07, 6.45) is 7.52. The van der Waals surface area contributed by atoms with Crippen LogP contribution >= 0.6 is 0 Å². The molecule has 2 atom stereocenters. The largest absolute Gasteiger partial charge is 0.444 e. The molecule has 0 bridgehead atoms. The Labute approximate surface area is 156 Å². The van der Waals surface area contributed by atoms with Gasteiger partial charge in [0.15, 0.2) is 6.29 Å². The Morgan fingerprint density at radius 1 is 1.31 bits per heavy atom. The molecular formula is C21H31NO4. The second-order valence-electron chi connectivity index (χ2n) is 7.42. The van der Waals surface area contributed by atoms with Gasteiger partial charge in [-0.25, -0.2) is 4.79 Å². The first-order valence-corrected chi connectivity index (χ1v) is 9.38. The molecule has 1 aromatic rings. The van der Waals surface area contributed by atoms with E-state index in [1.165, 1.54) is 0 Å². The summed E-state index contributed by atoms with van der Waals surface area (Å²) in [6, 6.07) is 9.59. The van der Waals surface area contributed by atoms with Gasteiger partial charge in [-0.15, -0.1) is 0 Å². The highest BCUT2D eigenvalue weighted by Crippen LogP contribution is 2.17. The molecule has 1 N–H and O–H groups in total. The lowest BCUT2D eigenvalue weighted by Crippen LogP contribution is -2.34. The number of amides is 1. The van der Waals surface area contributed by atoms with Crippen LogP contribution in [0, 0.1) is 0 Å². The fourth-order valence-corrected chi connectivity index (χ4v) is 2.68. The first kappa shape index (κ1) is 20.5. The van der Waals surface area contributed by atoms with Gasteiger partial charge in [0.1, 0.15) is 5.60 Å². The molecule has 1 fully saturated rings. The summed E-state index contributed by atoms with van der Waals surface area (Å²) in [7, 11) is 0. The molecule has 2 rings (SSSR count). The number of ether oxygens (including phenoxy) is 3. The maximum absolute atomic E-state index is 12.1. The summed E-state index contributed by atoms with van der Waals surface area (Å²) >= 11 is 0. The first-order chi connectivity index (χ1) is 12.4. The van der Waals surface area contributed by atoms with E-state index in [9.17, 15) is 4.79 Å². The number of nitrogens with one attached hydrogen (secondary N) is 1. The molecule has 1 amide bonds. The van der Waals surface area contributed by atoms with Crippen LogP contribution in [0.1, 0.15) is 58.1 Å². The number of hydrogen-bond acceptors (Lipinski definition) is 4. The van der Waals surface area contributed by atoms with Crippen molar-refractivity contribution < 1.29 is 19.0 Å². The van der Waals surface area contributed by atoms with Gasteiger partial charge >= 0.3 is 6.09 Å². The zero-order valence-corrected chi connectivity index (χ0v) is 16.1. The van der Waals surface area contributed by atoms with Gasteiger partial charge in [-0.2, -0.15) is 0 Å². The van der Waals surface area contributed by atoms with Gasteiger partial charge in [-0.3, -0.25) is 0 Å². The minimum atomic E-state index is -0.525. The number of hydrogen-bond donors (Lipinski definition) is 1. The van der Waals surface area contributed by atoms with Gasteiger partial charge in [0.05, 0.1) is 12.6 Å². The van der Waals surface area contributed by atoms with E-state index in [4.69, 9.17) is 14.2 Å². The minimum Gasteiger partial charge on any atom is -0.444 e. The van der Waals surface area contributed by atoms with E-state index in [1.54, 1.807) is 0 Å². The van der Waals surface area contributed by atoms with Crippen LogP contribution in [0.4, 0.5) is 4.79 Å². The number of carbonyl (C=O) groups is 1. The second kappa shape index (κ2) is 10.3. The Morgan fingerprint density at radius 2 is 2.08 bits per heavy atom. The first-order valence-electron chi connectivity index (χ1n) is 9.38. The second-order valence-corrected chi connectivity index (χ2v) is 7.42. The highest BCUT2D eigenvalue weighted by atomic mass is 16.7. The topological polar surface area (TPSA) is 56.8 Å². The number of benzene rings is 1. The molecule has 5 heteroatoms. The van der Waals surface area contributed by atoms with Crippen LogP contribution < -0.4 is 5.32 Å². The Bertz CT molecular complexity index is 559. The van der Waals surface area contributed by atoms with Crippen LogP contribution in [0.3, 0.4) is 0 Å². The third-order valence-electron chi connectivity index (χ3n) is 3.89. The van der Waals surface area contributed by atoms with E-state index in [1.807, 2.05) is 63.3 Å². The molecule has 0 aliphatic carbocycles. The molecule has 1 aliphatic heterocycles. The van der Waals surface area contributed by atoms with Crippen molar-refractivity contribution >= 4 is 6.09 Å². The summed E-state index contributed by atoms with van der Waals surface area (Å²) in [5.41, 5.74) is 0.481. The smallest absolute Gasteiger partial charge is 0.408 e. The number of rotatable bonds is 7. The summed E-state index contributed by atoms with van der Waals surface area (Å²) in [4.78, 5) is 12.1. The average Bonchev–Trinajstić information content (AvgIpc) is 2.60. The molecule has 0 spiro atoms. The maximum atomic E-state index is 12.1. The van der Waals surface area contributed by atoms with Gasteiger partial charge in [0.2, 0.25) is 0 Å². The van der Waals surface area contributed by atoms with E-state index < -0.39 is 11.7 Å². The predicted octanol–water partition coefficient (Wildman–Crippen LogP) is 4.74. The molecule has 26 heavy (non-hydrogen) atoms. The molecule has 0 aromatic heterocycles. The van der Waals surface area contributed by atoms with Gasteiger partial charge in [-0.1, -0.05) is 42.5 Å². The van der Waals surface area contributed by atoms with Gasteiger partial charge in [-0.05, 0) is 52.0 Å². The highest BCUT2D eigenvalue weighted by Gasteiger charge is 2.19. The zero-order chi connectivity index (χ0) is 18.8. The number of alkyl carbamates (subject to hydrolysis) is 1. The minimum absolute atomic E-state index is 0.0676. The Hall–Kier alpha value is -1.85. The molecule has 0 radical (unpaired) electrons. The van der Waals surface area contributed by atoms with E-state index in [0.29, 0.717) is 6.61 Å². The zero-order valence-electron chi connectivity index (χ0n) is 16.1. The van der Waals surface area contributed by atoms with Gasteiger partial charge < -0.3 is 19.5 Å². The molecule has 1 heterocycles. The van der Waals surface area contributed by atoms with Crippen molar-refractivity contribution in [3.8, 4) is 0 Å². The Balaban J connectivity index is 1.86. The van der Waals surface area contributed by atoms with Crippen LogP contribution in [-0.4, -0.2) is 31.2 Å². The van der Waals surface area contributed by atoms with Crippen molar-refractivity contribution in [3.05, 3.63) is 48.0 Å². The number of carbonyl (C=O) groups excluding carboxylic acids is 1. The van der Waals surface area contributed by atoms with Crippen molar-refractivity contribution in [2.24, 2.45) is 0 Å². The third-order valence-corrected chi connectivity index (χ3v) is 3.89. The average molecular weight is 361 g/mol. The monoisotopic (exact) mass is 361 g/mol. The van der Waals surface area contributed by atoms with E-state index in [0.717, 1.165) is 37.9 Å². The van der Waals surface area contributed by atoms with Gasteiger partial charge in [0.25, 0.3) is 0 Å². The molecule has 144 valence electrons. The normalized spacial score (nSPS) is 19.3. The van der Waals surface area contributed by atoms with Crippen LogP contribution in [-0.2, 0) is 14.2 Å². The highest BCUT2D eigenvalue weighted by molar-refractivity contribution is 5.68.